The van der Waals surface area contributed by atoms with E-state index in [9.17, 15) is 14.4 Å². The molecule has 0 atom stereocenters. The number of ketones is 1. The molecule has 2 amide bonds. The summed E-state index contributed by atoms with van der Waals surface area (Å²) in [6.07, 6.45) is 0. The molecule has 0 aliphatic carbocycles. The molecule has 0 saturated heterocycles. The van der Waals surface area contributed by atoms with Gasteiger partial charge in [-0.15, -0.1) is 0 Å². The molecule has 170 valence electrons. The van der Waals surface area contributed by atoms with E-state index in [1.165, 1.54) is 0 Å². The van der Waals surface area contributed by atoms with Gasteiger partial charge in [0, 0.05) is 33.4 Å². The maximum Gasteiger partial charge on any atom is 0.262 e. The zero-order valence-electron chi connectivity index (χ0n) is 18.6. The minimum absolute atomic E-state index is 0.0996. The molecule has 0 aliphatic rings. The zero-order valence-corrected chi connectivity index (χ0v) is 19.4. The first kappa shape index (κ1) is 24.0. The van der Waals surface area contributed by atoms with Gasteiger partial charge in [-0.25, -0.2) is 0 Å². The van der Waals surface area contributed by atoms with Crippen LogP contribution >= 0.6 is 11.6 Å². The molecule has 7 heteroatoms. The Kier molecular flexibility index (Phi) is 7.85. The van der Waals surface area contributed by atoms with Crippen molar-refractivity contribution in [3.8, 4) is 5.75 Å². The summed E-state index contributed by atoms with van der Waals surface area (Å²) in [6.45, 7) is 5.28. The molecule has 33 heavy (non-hydrogen) atoms. The van der Waals surface area contributed by atoms with Crippen LogP contribution in [0.5, 0.6) is 5.75 Å². The smallest absolute Gasteiger partial charge is 0.262 e. The van der Waals surface area contributed by atoms with Crippen molar-refractivity contribution in [1.29, 1.82) is 0 Å². The van der Waals surface area contributed by atoms with Crippen LogP contribution in [0.2, 0.25) is 5.02 Å². The van der Waals surface area contributed by atoms with E-state index in [1.807, 2.05) is 26.8 Å². The van der Waals surface area contributed by atoms with Crippen LogP contribution in [-0.2, 0) is 9.59 Å². The van der Waals surface area contributed by atoms with Crippen molar-refractivity contribution in [2.24, 2.45) is 5.92 Å². The number of rotatable bonds is 8. The minimum atomic E-state index is -0.341. The van der Waals surface area contributed by atoms with Crippen molar-refractivity contribution in [3.05, 3.63) is 88.4 Å². The van der Waals surface area contributed by atoms with Gasteiger partial charge in [0.15, 0.2) is 12.4 Å². The van der Waals surface area contributed by atoms with Gasteiger partial charge in [0.1, 0.15) is 5.75 Å². The zero-order chi connectivity index (χ0) is 24.0. The van der Waals surface area contributed by atoms with Crippen LogP contribution in [0.25, 0.3) is 0 Å². The summed E-state index contributed by atoms with van der Waals surface area (Å²) < 4.78 is 5.55. The topological polar surface area (TPSA) is 84.5 Å². The number of benzene rings is 3. The third-order valence-corrected chi connectivity index (χ3v) is 5.15. The number of nitrogens with one attached hydrogen (secondary N) is 2. The van der Waals surface area contributed by atoms with Crippen LogP contribution in [0, 0.1) is 12.8 Å². The van der Waals surface area contributed by atoms with E-state index in [4.69, 9.17) is 16.3 Å². The van der Waals surface area contributed by atoms with Gasteiger partial charge in [-0.1, -0.05) is 31.5 Å². The molecule has 0 fully saturated rings. The van der Waals surface area contributed by atoms with Crippen LogP contribution in [0.3, 0.4) is 0 Å². The Morgan fingerprint density at radius 2 is 1.48 bits per heavy atom. The molecular weight excluding hydrogens is 440 g/mol. The van der Waals surface area contributed by atoms with E-state index in [2.05, 4.69) is 10.6 Å². The van der Waals surface area contributed by atoms with Gasteiger partial charge in [0.05, 0.1) is 0 Å². The second kappa shape index (κ2) is 10.8. The van der Waals surface area contributed by atoms with E-state index in [-0.39, 0.29) is 30.1 Å². The van der Waals surface area contributed by atoms with Gasteiger partial charge >= 0.3 is 0 Å². The lowest BCUT2D eigenvalue weighted by atomic mass is 10.0. The molecule has 3 rings (SSSR count). The van der Waals surface area contributed by atoms with Crippen LogP contribution in [0.1, 0.15) is 35.3 Å². The first-order chi connectivity index (χ1) is 15.7. The molecule has 0 aliphatic heterocycles. The van der Waals surface area contributed by atoms with Crippen molar-refractivity contribution in [2.75, 3.05) is 17.2 Å². The molecule has 0 bridgehead atoms. The van der Waals surface area contributed by atoms with E-state index in [0.717, 1.165) is 5.56 Å². The third-order valence-electron chi connectivity index (χ3n) is 4.90. The second-order valence-corrected chi connectivity index (χ2v) is 8.31. The minimum Gasteiger partial charge on any atom is -0.484 e. The first-order valence-electron chi connectivity index (χ1n) is 10.5. The van der Waals surface area contributed by atoms with Crippen molar-refractivity contribution in [3.63, 3.8) is 0 Å². The molecule has 3 aromatic rings. The highest BCUT2D eigenvalue weighted by molar-refractivity contribution is 6.30. The summed E-state index contributed by atoms with van der Waals surface area (Å²) in [5.41, 5.74) is 3.10. The molecule has 0 saturated carbocycles. The Hall–Kier alpha value is -3.64. The molecule has 0 heterocycles. The molecule has 0 aromatic heterocycles. The molecule has 3 aromatic carbocycles. The number of carbonyl (C=O) groups is 3. The summed E-state index contributed by atoms with van der Waals surface area (Å²) >= 11 is 5.86. The summed E-state index contributed by atoms with van der Waals surface area (Å²) in [5.74, 6) is -0.252. The quantitative estimate of drug-likeness (QED) is 0.431. The lowest BCUT2D eigenvalue weighted by molar-refractivity contribution is -0.119. The highest BCUT2D eigenvalue weighted by Crippen LogP contribution is 2.21. The Morgan fingerprint density at radius 1 is 0.879 bits per heavy atom. The lowest BCUT2D eigenvalue weighted by Crippen LogP contribution is -2.21. The average Bonchev–Trinajstić information content (AvgIpc) is 2.80. The summed E-state index contributed by atoms with van der Waals surface area (Å²) in [4.78, 5) is 36.8. The van der Waals surface area contributed by atoms with Crippen molar-refractivity contribution in [2.45, 2.75) is 20.8 Å². The predicted octanol–water partition coefficient (Wildman–Crippen LogP) is 5.49. The van der Waals surface area contributed by atoms with Gasteiger partial charge in [0.25, 0.3) is 5.91 Å². The summed E-state index contributed by atoms with van der Waals surface area (Å²) in [6, 6.07) is 18.6. The normalized spacial score (nSPS) is 10.6. The van der Waals surface area contributed by atoms with Crippen molar-refractivity contribution < 1.29 is 19.1 Å². The van der Waals surface area contributed by atoms with Gasteiger partial charge in [-0.05, 0) is 73.2 Å². The summed E-state index contributed by atoms with van der Waals surface area (Å²) in [7, 11) is 0. The number of aryl methyl sites for hydroxylation is 1. The SMILES string of the molecule is Cc1ccc(NC(=O)C(C)C)cc1NC(=O)COc1ccc(C(=O)c2ccc(Cl)cc2)cc1. The van der Waals surface area contributed by atoms with E-state index in [1.54, 1.807) is 60.7 Å². The summed E-state index contributed by atoms with van der Waals surface area (Å²) in [5, 5.41) is 6.18. The van der Waals surface area contributed by atoms with Crippen LogP contribution < -0.4 is 15.4 Å². The second-order valence-electron chi connectivity index (χ2n) is 7.87. The average molecular weight is 465 g/mol. The number of hydrogen-bond acceptors (Lipinski definition) is 4. The Balaban J connectivity index is 1.57. The van der Waals surface area contributed by atoms with Gasteiger partial charge in [-0.2, -0.15) is 0 Å². The molecule has 2 N–H and O–H groups in total. The van der Waals surface area contributed by atoms with Gasteiger partial charge < -0.3 is 15.4 Å². The monoisotopic (exact) mass is 464 g/mol. The van der Waals surface area contributed by atoms with E-state index < -0.39 is 0 Å². The molecule has 6 nitrogen and oxygen atoms in total. The Morgan fingerprint density at radius 3 is 2.09 bits per heavy atom. The Labute approximate surface area is 197 Å². The first-order valence-corrected chi connectivity index (χ1v) is 10.8. The number of ether oxygens (including phenoxy) is 1. The molecule has 0 radical (unpaired) electrons. The third kappa shape index (κ3) is 6.67. The van der Waals surface area contributed by atoms with Crippen molar-refractivity contribution >= 4 is 40.6 Å². The molecule has 0 spiro atoms. The predicted molar refractivity (Wildman–Crippen MR) is 130 cm³/mol. The molecular formula is C26H25ClN2O4. The number of amides is 2. The number of carbonyl (C=O) groups excluding carboxylic acids is 3. The largest absolute Gasteiger partial charge is 0.484 e. The fraction of sp³-hybridized carbons (Fsp3) is 0.192. The van der Waals surface area contributed by atoms with Crippen LogP contribution in [0.15, 0.2) is 66.7 Å². The van der Waals surface area contributed by atoms with Gasteiger partial charge in [0.2, 0.25) is 5.91 Å². The van der Waals surface area contributed by atoms with Gasteiger partial charge in [-0.3, -0.25) is 14.4 Å². The van der Waals surface area contributed by atoms with Crippen LogP contribution in [-0.4, -0.2) is 24.2 Å². The number of anilines is 2. The maximum atomic E-state index is 12.5. The van der Waals surface area contributed by atoms with E-state index >= 15 is 0 Å². The number of halogens is 1. The highest BCUT2D eigenvalue weighted by atomic mass is 35.5. The van der Waals surface area contributed by atoms with Crippen molar-refractivity contribution in [1.82, 2.24) is 0 Å². The fourth-order valence-electron chi connectivity index (χ4n) is 2.93. The lowest BCUT2D eigenvalue weighted by Gasteiger charge is -2.13. The highest BCUT2D eigenvalue weighted by Gasteiger charge is 2.12. The Bertz CT molecular complexity index is 1160. The molecule has 0 unspecified atom stereocenters. The van der Waals surface area contributed by atoms with E-state index in [0.29, 0.717) is 33.3 Å². The van der Waals surface area contributed by atoms with Crippen LogP contribution in [0.4, 0.5) is 11.4 Å². The number of hydrogen-bond donors (Lipinski definition) is 2. The maximum absolute atomic E-state index is 12.5. The standard InChI is InChI=1S/C26H25ClN2O4/c1-16(2)26(32)28-21-11-4-17(3)23(14-21)29-24(30)15-33-22-12-7-19(8-13-22)25(31)18-5-9-20(27)10-6-18/h4-14,16H,15H2,1-3H3,(H,28,32)(H,29,30). The fourth-order valence-corrected chi connectivity index (χ4v) is 3.05.